The number of quaternary nitrogens is 2. The Morgan fingerprint density at radius 3 is 1.92 bits per heavy atom. The predicted octanol–water partition coefficient (Wildman–Crippen LogP) is 0.331. The molecule has 6 heteroatoms. The summed E-state index contributed by atoms with van der Waals surface area (Å²) in [5.74, 6) is 1.34. The van der Waals surface area contributed by atoms with E-state index in [1.807, 2.05) is 24.3 Å². The van der Waals surface area contributed by atoms with Gasteiger partial charge in [0, 0.05) is 11.1 Å². The number of rotatable bonds is 9. The molecule has 25 heavy (non-hydrogen) atoms. The average molecular weight is 348 g/mol. The monoisotopic (exact) mass is 348 g/mol. The van der Waals surface area contributed by atoms with Crippen molar-refractivity contribution < 1.29 is 30.3 Å². The second kappa shape index (κ2) is 9.15. The third-order valence-corrected chi connectivity index (χ3v) is 4.16. The lowest BCUT2D eigenvalue weighted by Gasteiger charge is -2.11. The summed E-state index contributed by atoms with van der Waals surface area (Å²) in [5, 5.41) is 23.7. The van der Waals surface area contributed by atoms with Crippen LogP contribution in [0.5, 0.6) is 23.0 Å². The lowest BCUT2D eigenvalue weighted by molar-refractivity contribution is -0.761. The molecule has 6 nitrogen and oxygen atoms in total. The highest BCUT2D eigenvalue weighted by molar-refractivity contribution is 5.42. The van der Waals surface area contributed by atoms with Gasteiger partial charge in [-0.25, -0.2) is 0 Å². The predicted molar refractivity (Wildman–Crippen MR) is 94.9 cm³/mol. The van der Waals surface area contributed by atoms with Crippen molar-refractivity contribution in [3.05, 3.63) is 47.5 Å². The number of hydrogen-bond acceptors (Lipinski definition) is 4. The van der Waals surface area contributed by atoms with E-state index < -0.39 is 0 Å². The van der Waals surface area contributed by atoms with Gasteiger partial charge in [-0.05, 0) is 43.3 Å². The molecule has 2 aromatic rings. The van der Waals surface area contributed by atoms with Gasteiger partial charge >= 0.3 is 0 Å². The molecule has 0 bridgehead atoms. The van der Waals surface area contributed by atoms with Crippen LogP contribution in [0, 0.1) is 0 Å². The summed E-state index contributed by atoms with van der Waals surface area (Å²) in [6.45, 7) is 4.82. The largest absolute Gasteiger partial charge is 0.504 e. The molecule has 0 aliphatic rings. The lowest BCUT2D eigenvalue weighted by atomic mass is 10.2. The summed E-state index contributed by atoms with van der Waals surface area (Å²) < 4.78 is 10.3. The van der Waals surface area contributed by atoms with Crippen LogP contribution in [0.4, 0.5) is 0 Å². The minimum atomic E-state index is 0.164. The molecule has 1 atom stereocenters. The van der Waals surface area contributed by atoms with Crippen LogP contribution in [-0.4, -0.2) is 37.0 Å². The number of hydrogen-bond donors (Lipinski definition) is 4. The summed E-state index contributed by atoms with van der Waals surface area (Å²) in [7, 11) is 3.11. The molecule has 0 saturated carbocycles. The summed E-state index contributed by atoms with van der Waals surface area (Å²) in [5.41, 5.74) is 2.23. The van der Waals surface area contributed by atoms with Gasteiger partial charge in [0.05, 0.1) is 14.2 Å². The molecular formula is C19H28N2O4+2. The van der Waals surface area contributed by atoms with Gasteiger partial charge < -0.3 is 30.3 Å². The quantitative estimate of drug-likeness (QED) is 0.526. The van der Waals surface area contributed by atoms with Gasteiger partial charge in [0.15, 0.2) is 23.0 Å². The van der Waals surface area contributed by atoms with E-state index in [0.29, 0.717) is 17.5 Å². The SMILES string of the molecule is COc1cc(C[NH2+]C[C@H](C)[NH2+]Cc2ccc(O)c(OC)c2)ccc1O. The number of methoxy groups -OCH3 is 2. The molecule has 0 aromatic heterocycles. The van der Waals surface area contributed by atoms with Crippen molar-refractivity contribution in [2.45, 2.75) is 26.1 Å². The fraction of sp³-hybridized carbons (Fsp3) is 0.368. The molecule has 0 fully saturated rings. The fourth-order valence-corrected chi connectivity index (χ4v) is 2.64. The Morgan fingerprint density at radius 2 is 1.40 bits per heavy atom. The van der Waals surface area contributed by atoms with Crippen LogP contribution >= 0.6 is 0 Å². The second-order valence-electron chi connectivity index (χ2n) is 6.16. The van der Waals surface area contributed by atoms with Crippen LogP contribution in [0.1, 0.15) is 18.1 Å². The summed E-state index contributed by atoms with van der Waals surface area (Å²) >= 11 is 0. The van der Waals surface area contributed by atoms with Gasteiger partial charge in [-0.2, -0.15) is 0 Å². The number of phenols is 2. The zero-order valence-corrected chi connectivity index (χ0v) is 15.0. The number of phenolic OH excluding ortho intramolecular Hbond substituents is 2. The fourth-order valence-electron chi connectivity index (χ4n) is 2.64. The molecule has 6 N–H and O–H groups in total. The summed E-state index contributed by atoms with van der Waals surface area (Å²) in [6.07, 6.45) is 0. The van der Waals surface area contributed by atoms with Crippen LogP contribution in [0.15, 0.2) is 36.4 Å². The molecule has 0 saturated heterocycles. The molecule has 2 aromatic carbocycles. The van der Waals surface area contributed by atoms with E-state index in [1.165, 1.54) is 0 Å². The Labute approximate surface area is 148 Å². The van der Waals surface area contributed by atoms with Crippen LogP contribution in [0.25, 0.3) is 0 Å². The molecule has 2 rings (SSSR count). The van der Waals surface area contributed by atoms with Crippen molar-refractivity contribution in [1.82, 2.24) is 0 Å². The summed E-state index contributed by atoms with van der Waals surface area (Å²) in [4.78, 5) is 0. The average Bonchev–Trinajstić information content (AvgIpc) is 2.62. The Hall–Kier alpha value is -2.44. The standard InChI is InChI=1S/C19H26N2O4/c1-13(21-12-15-5-7-17(23)19(9-15)25-3)10-20-11-14-4-6-16(22)18(8-14)24-2/h4-9,13,20-23H,10-12H2,1-3H3/p+2/t13-/m0/s1. The zero-order valence-electron chi connectivity index (χ0n) is 15.0. The van der Waals surface area contributed by atoms with E-state index in [2.05, 4.69) is 17.6 Å². The van der Waals surface area contributed by atoms with Gasteiger partial charge in [0.25, 0.3) is 0 Å². The molecule has 0 heterocycles. The van der Waals surface area contributed by atoms with Gasteiger partial charge in [-0.15, -0.1) is 0 Å². The lowest BCUT2D eigenvalue weighted by Crippen LogP contribution is -2.97. The van der Waals surface area contributed by atoms with E-state index in [1.54, 1.807) is 26.4 Å². The molecule has 0 radical (unpaired) electrons. The molecule has 0 amide bonds. The van der Waals surface area contributed by atoms with Crippen molar-refractivity contribution in [2.24, 2.45) is 0 Å². The highest BCUT2D eigenvalue weighted by atomic mass is 16.5. The zero-order chi connectivity index (χ0) is 18.2. The number of ether oxygens (including phenoxy) is 2. The van der Waals surface area contributed by atoms with Crippen LogP contribution < -0.4 is 20.1 Å². The second-order valence-corrected chi connectivity index (χ2v) is 6.16. The maximum atomic E-state index is 9.63. The van der Waals surface area contributed by atoms with Crippen molar-refractivity contribution >= 4 is 0 Å². The normalized spacial score (nSPS) is 12.0. The minimum Gasteiger partial charge on any atom is -0.504 e. The number of nitrogens with two attached hydrogens (primary N) is 2. The number of benzene rings is 2. The Morgan fingerprint density at radius 1 is 0.880 bits per heavy atom. The first-order valence-corrected chi connectivity index (χ1v) is 8.40. The maximum absolute atomic E-state index is 9.63. The van der Waals surface area contributed by atoms with Crippen LogP contribution in [-0.2, 0) is 13.1 Å². The van der Waals surface area contributed by atoms with Gasteiger partial charge in [0.1, 0.15) is 25.7 Å². The Balaban J connectivity index is 1.76. The Bertz CT molecular complexity index is 691. The van der Waals surface area contributed by atoms with Crippen molar-refractivity contribution in [1.29, 1.82) is 0 Å². The van der Waals surface area contributed by atoms with E-state index >= 15 is 0 Å². The minimum absolute atomic E-state index is 0.164. The van der Waals surface area contributed by atoms with Crippen molar-refractivity contribution in [3.63, 3.8) is 0 Å². The topological polar surface area (TPSA) is 92.1 Å². The third-order valence-electron chi connectivity index (χ3n) is 4.16. The molecule has 0 aliphatic heterocycles. The van der Waals surface area contributed by atoms with E-state index in [4.69, 9.17) is 9.47 Å². The maximum Gasteiger partial charge on any atom is 0.160 e. The van der Waals surface area contributed by atoms with E-state index in [9.17, 15) is 10.2 Å². The van der Waals surface area contributed by atoms with Crippen molar-refractivity contribution in [2.75, 3.05) is 20.8 Å². The highest BCUT2D eigenvalue weighted by Crippen LogP contribution is 2.26. The van der Waals surface area contributed by atoms with Gasteiger partial charge in [-0.3, -0.25) is 0 Å². The third kappa shape index (κ3) is 5.55. The molecule has 0 spiro atoms. The van der Waals surface area contributed by atoms with Crippen molar-refractivity contribution in [3.8, 4) is 23.0 Å². The van der Waals surface area contributed by atoms with Gasteiger partial charge in [-0.1, -0.05) is 0 Å². The molecular weight excluding hydrogens is 320 g/mol. The first kappa shape index (κ1) is 18.9. The highest BCUT2D eigenvalue weighted by Gasteiger charge is 2.10. The first-order chi connectivity index (χ1) is 12.0. The molecule has 0 aliphatic carbocycles. The molecule has 136 valence electrons. The smallest absolute Gasteiger partial charge is 0.160 e. The van der Waals surface area contributed by atoms with E-state index in [0.717, 1.165) is 30.8 Å². The van der Waals surface area contributed by atoms with Gasteiger partial charge in [0.2, 0.25) is 0 Å². The first-order valence-electron chi connectivity index (χ1n) is 8.40. The molecule has 0 unspecified atom stereocenters. The summed E-state index contributed by atoms with van der Waals surface area (Å²) in [6, 6.07) is 11.3. The van der Waals surface area contributed by atoms with Crippen LogP contribution in [0.3, 0.4) is 0 Å². The van der Waals surface area contributed by atoms with Crippen LogP contribution in [0.2, 0.25) is 0 Å². The van der Waals surface area contributed by atoms with E-state index in [-0.39, 0.29) is 11.5 Å². The Kier molecular flexibility index (Phi) is 6.91. The number of aromatic hydroxyl groups is 2.